The molecule has 26 heavy (non-hydrogen) atoms. The van der Waals surface area contributed by atoms with Gasteiger partial charge < -0.3 is 9.73 Å². The van der Waals surface area contributed by atoms with Gasteiger partial charge in [0, 0.05) is 29.1 Å². The van der Waals surface area contributed by atoms with Gasteiger partial charge in [0.25, 0.3) is 5.69 Å². The Bertz CT molecular complexity index is 1010. The molecule has 0 amide bonds. The summed E-state index contributed by atoms with van der Waals surface area (Å²) in [5, 5.41) is 33.0. The number of nitro benzene ring substituents is 1. The molecule has 7 nitrogen and oxygen atoms in total. The van der Waals surface area contributed by atoms with Crippen LogP contribution in [0, 0.1) is 32.8 Å². The molecule has 0 spiro atoms. The van der Waals surface area contributed by atoms with Crippen LogP contribution in [0.4, 0.5) is 5.69 Å². The Morgan fingerprint density at radius 2 is 1.77 bits per heavy atom. The Kier molecular flexibility index (Phi) is 4.30. The van der Waals surface area contributed by atoms with E-state index >= 15 is 0 Å². The van der Waals surface area contributed by atoms with Gasteiger partial charge in [0.05, 0.1) is 34.1 Å². The normalized spacial score (nSPS) is 14.6. The number of furan rings is 1. The number of nitrogens with zero attached hydrogens (tertiary/aromatic N) is 3. The summed E-state index contributed by atoms with van der Waals surface area (Å²) in [4.78, 5) is 10.5. The maximum Gasteiger partial charge on any atom is 0.270 e. The molecule has 7 heteroatoms. The molecule has 128 valence electrons. The van der Waals surface area contributed by atoms with E-state index in [1.54, 1.807) is 38.1 Å². The molecule has 1 aliphatic rings. The Labute approximate surface area is 149 Å². The molecular formula is C19H14N4O3. The van der Waals surface area contributed by atoms with Gasteiger partial charge in [-0.15, -0.1) is 0 Å². The molecular weight excluding hydrogens is 332 g/mol. The van der Waals surface area contributed by atoms with Crippen LogP contribution >= 0.6 is 0 Å². The van der Waals surface area contributed by atoms with E-state index in [2.05, 4.69) is 17.5 Å². The first-order valence-electron chi connectivity index (χ1n) is 7.79. The summed E-state index contributed by atoms with van der Waals surface area (Å²) in [5.74, 6) is 0.283. The van der Waals surface area contributed by atoms with Gasteiger partial charge in [-0.1, -0.05) is 12.1 Å². The molecule has 0 fully saturated rings. The van der Waals surface area contributed by atoms with Gasteiger partial charge in [-0.2, -0.15) is 10.5 Å². The molecule has 3 rings (SSSR count). The minimum Gasteiger partial charge on any atom is -0.460 e. The standard InChI is InChI=1S/C19H14N4O3/c1-11-15(9-20)19(16(10-21)12(2)22-11)18-7-6-17(26-18)13-4-3-5-14(8-13)23(24)25/h3-8,19,22H,1-2H3. The first-order chi connectivity index (χ1) is 12.5. The smallest absolute Gasteiger partial charge is 0.270 e. The number of rotatable bonds is 3. The van der Waals surface area contributed by atoms with Crippen LogP contribution in [0.3, 0.4) is 0 Å². The SMILES string of the molecule is CC1=C(C#N)C(c2ccc(-c3cccc([N+](=O)[O-])c3)o2)C(C#N)=C(C)N1. The molecule has 2 aromatic rings. The first kappa shape index (κ1) is 17.0. The molecule has 0 saturated carbocycles. The van der Waals surface area contributed by atoms with Crippen molar-refractivity contribution >= 4 is 5.69 Å². The van der Waals surface area contributed by atoms with Gasteiger partial charge in [-0.3, -0.25) is 10.1 Å². The summed E-state index contributed by atoms with van der Waals surface area (Å²) in [6.07, 6.45) is 0. The Balaban J connectivity index is 2.08. The third-order valence-corrected chi connectivity index (χ3v) is 4.25. The topological polar surface area (TPSA) is 116 Å². The van der Waals surface area contributed by atoms with Crippen molar-refractivity contribution in [3.8, 4) is 23.5 Å². The van der Waals surface area contributed by atoms with E-state index in [4.69, 9.17) is 4.42 Å². The van der Waals surface area contributed by atoms with Crippen LogP contribution in [-0.4, -0.2) is 4.92 Å². The third-order valence-electron chi connectivity index (χ3n) is 4.25. The van der Waals surface area contributed by atoms with E-state index in [0.717, 1.165) is 0 Å². The van der Waals surface area contributed by atoms with Crippen molar-refractivity contribution in [1.82, 2.24) is 5.32 Å². The van der Waals surface area contributed by atoms with Crippen LogP contribution in [0.5, 0.6) is 0 Å². The number of hydrogen-bond acceptors (Lipinski definition) is 6. The monoisotopic (exact) mass is 346 g/mol. The van der Waals surface area contributed by atoms with Gasteiger partial charge in [0.15, 0.2) is 0 Å². The molecule has 0 aliphatic carbocycles. The maximum absolute atomic E-state index is 11.0. The second-order valence-corrected chi connectivity index (χ2v) is 5.87. The van der Waals surface area contributed by atoms with Crippen molar-refractivity contribution in [2.75, 3.05) is 0 Å². The number of hydrogen-bond donors (Lipinski definition) is 1. The third kappa shape index (κ3) is 2.83. The van der Waals surface area contributed by atoms with E-state index in [1.165, 1.54) is 12.1 Å². The Hall–Kier alpha value is -3.84. The highest BCUT2D eigenvalue weighted by molar-refractivity contribution is 5.62. The van der Waals surface area contributed by atoms with Crippen molar-refractivity contribution in [3.05, 3.63) is 74.8 Å². The van der Waals surface area contributed by atoms with Crippen LogP contribution in [0.2, 0.25) is 0 Å². The van der Waals surface area contributed by atoms with Crippen LogP contribution in [0.1, 0.15) is 25.5 Å². The van der Waals surface area contributed by atoms with Crippen molar-refractivity contribution in [2.45, 2.75) is 19.8 Å². The maximum atomic E-state index is 11.0. The summed E-state index contributed by atoms with van der Waals surface area (Å²) in [5.41, 5.74) is 2.67. The van der Waals surface area contributed by atoms with E-state index in [9.17, 15) is 20.6 Å². The molecule has 0 bridgehead atoms. The lowest BCUT2D eigenvalue weighted by Gasteiger charge is -2.24. The van der Waals surface area contributed by atoms with Crippen LogP contribution in [-0.2, 0) is 0 Å². The molecule has 1 aromatic heterocycles. The number of non-ortho nitro benzene ring substituents is 1. The number of nitrogens with one attached hydrogen (secondary N) is 1. The van der Waals surface area contributed by atoms with Crippen molar-refractivity contribution < 1.29 is 9.34 Å². The van der Waals surface area contributed by atoms with Crippen LogP contribution in [0.15, 0.2) is 63.4 Å². The quantitative estimate of drug-likeness (QED) is 0.659. The largest absolute Gasteiger partial charge is 0.460 e. The fourth-order valence-electron chi connectivity index (χ4n) is 3.01. The number of nitro groups is 1. The number of allylic oxidation sites excluding steroid dienone is 4. The predicted molar refractivity (Wildman–Crippen MR) is 93.3 cm³/mol. The van der Waals surface area contributed by atoms with Gasteiger partial charge in [0.2, 0.25) is 0 Å². The molecule has 1 N–H and O–H groups in total. The fraction of sp³-hybridized carbons (Fsp3) is 0.158. The molecule has 0 atom stereocenters. The average Bonchev–Trinajstić information content (AvgIpc) is 3.11. The van der Waals surface area contributed by atoms with E-state index in [1.807, 2.05) is 0 Å². The predicted octanol–water partition coefficient (Wildman–Crippen LogP) is 4.14. The molecule has 2 heterocycles. The summed E-state index contributed by atoms with van der Waals surface area (Å²) in [6, 6.07) is 13.8. The van der Waals surface area contributed by atoms with Crippen molar-refractivity contribution in [1.29, 1.82) is 10.5 Å². The number of dihydropyridines is 1. The number of nitriles is 2. The second kappa shape index (κ2) is 6.58. The highest BCUT2D eigenvalue weighted by Crippen LogP contribution is 2.39. The minimum atomic E-state index is -0.598. The molecule has 1 aromatic carbocycles. The summed E-state index contributed by atoms with van der Waals surface area (Å²) in [6.45, 7) is 3.54. The number of benzene rings is 1. The van der Waals surface area contributed by atoms with Gasteiger partial charge in [0.1, 0.15) is 11.5 Å². The highest BCUT2D eigenvalue weighted by Gasteiger charge is 2.31. The minimum absolute atomic E-state index is 0.0378. The fourth-order valence-corrected chi connectivity index (χ4v) is 3.01. The lowest BCUT2D eigenvalue weighted by molar-refractivity contribution is -0.384. The molecule has 1 aliphatic heterocycles. The van der Waals surface area contributed by atoms with Crippen LogP contribution < -0.4 is 5.32 Å². The molecule has 0 saturated heterocycles. The second-order valence-electron chi connectivity index (χ2n) is 5.87. The van der Waals surface area contributed by atoms with E-state index < -0.39 is 10.8 Å². The zero-order chi connectivity index (χ0) is 18.8. The van der Waals surface area contributed by atoms with Gasteiger partial charge in [-0.25, -0.2) is 0 Å². The van der Waals surface area contributed by atoms with E-state index in [0.29, 0.717) is 39.6 Å². The summed E-state index contributed by atoms with van der Waals surface area (Å²) >= 11 is 0. The Morgan fingerprint density at radius 1 is 1.12 bits per heavy atom. The first-order valence-corrected chi connectivity index (χ1v) is 7.79. The average molecular weight is 346 g/mol. The summed E-state index contributed by atoms with van der Waals surface area (Å²) in [7, 11) is 0. The lowest BCUT2D eigenvalue weighted by atomic mass is 9.85. The van der Waals surface area contributed by atoms with Gasteiger partial charge >= 0.3 is 0 Å². The Morgan fingerprint density at radius 3 is 2.35 bits per heavy atom. The van der Waals surface area contributed by atoms with Crippen LogP contribution in [0.25, 0.3) is 11.3 Å². The highest BCUT2D eigenvalue weighted by atomic mass is 16.6. The van der Waals surface area contributed by atoms with Crippen molar-refractivity contribution in [3.63, 3.8) is 0 Å². The zero-order valence-corrected chi connectivity index (χ0v) is 14.1. The summed E-state index contributed by atoms with van der Waals surface area (Å²) < 4.78 is 5.88. The van der Waals surface area contributed by atoms with Gasteiger partial charge in [-0.05, 0) is 26.0 Å². The van der Waals surface area contributed by atoms with Crippen molar-refractivity contribution in [2.24, 2.45) is 0 Å². The lowest BCUT2D eigenvalue weighted by Crippen LogP contribution is -2.23. The van der Waals surface area contributed by atoms with E-state index in [-0.39, 0.29) is 5.69 Å². The molecule has 0 radical (unpaired) electrons. The zero-order valence-electron chi connectivity index (χ0n) is 14.1. The molecule has 0 unspecified atom stereocenters.